The first-order valence-electron chi connectivity index (χ1n) is 6.46. The fraction of sp³-hybridized carbons (Fsp3) is 0.143. The van der Waals surface area contributed by atoms with Crippen molar-refractivity contribution in [3.05, 3.63) is 47.3 Å². The first-order valence-corrected chi connectivity index (χ1v) is 7.34. The summed E-state index contributed by atoms with van der Waals surface area (Å²) in [4.78, 5) is 9.47. The van der Waals surface area contributed by atoms with E-state index < -0.39 is 0 Å². The third-order valence-corrected chi connectivity index (χ3v) is 3.96. The predicted octanol–water partition coefficient (Wildman–Crippen LogP) is 2.12. The molecule has 3 rings (SSSR count). The van der Waals surface area contributed by atoms with Gasteiger partial charge >= 0.3 is 0 Å². The van der Waals surface area contributed by atoms with Gasteiger partial charge in [0.1, 0.15) is 10.6 Å². The number of thiophene rings is 1. The minimum atomic E-state index is -0.241. The SMILES string of the molecule is NNc1nc(NC(CO)c2ccccc2)c2ccsc2n1. The van der Waals surface area contributed by atoms with Crippen LogP contribution in [-0.4, -0.2) is 21.7 Å². The highest BCUT2D eigenvalue weighted by molar-refractivity contribution is 7.16. The van der Waals surface area contributed by atoms with Crippen molar-refractivity contribution >= 4 is 33.3 Å². The van der Waals surface area contributed by atoms with Crippen LogP contribution in [-0.2, 0) is 0 Å². The minimum Gasteiger partial charge on any atom is -0.394 e. The number of hydrogen-bond donors (Lipinski definition) is 4. The van der Waals surface area contributed by atoms with Crippen molar-refractivity contribution in [2.24, 2.45) is 5.84 Å². The van der Waals surface area contributed by atoms with E-state index in [4.69, 9.17) is 5.84 Å². The number of nitrogens with two attached hydrogens (primary N) is 1. The number of anilines is 2. The molecule has 5 N–H and O–H groups in total. The molecule has 0 saturated carbocycles. The Morgan fingerprint density at radius 3 is 2.71 bits per heavy atom. The molecule has 1 unspecified atom stereocenters. The molecule has 0 aliphatic carbocycles. The fourth-order valence-corrected chi connectivity index (χ4v) is 2.88. The fourth-order valence-electron chi connectivity index (χ4n) is 2.11. The molecule has 0 bridgehead atoms. The molecular weight excluding hydrogens is 286 g/mol. The van der Waals surface area contributed by atoms with E-state index in [9.17, 15) is 5.11 Å². The zero-order valence-corrected chi connectivity index (χ0v) is 12.0. The lowest BCUT2D eigenvalue weighted by Gasteiger charge is -2.18. The largest absolute Gasteiger partial charge is 0.394 e. The van der Waals surface area contributed by atoms with Crippen LogP contribution in [0.1, 0.15) is 11.6 Å². The van der Waals surface area contributed by atoms with Crippen molar-refractivity contribution in [2.45, 2.75) is 6.04 Å². The Kier molecular flexibility index (Phi) is 3.96. The molecule has 3 aromatic rings. The normalized spacial score (nSPS) is 12.3. The molecule has 7 heteroatoms. The zero-order valence-electron chi connectivity index (χ0n) is 11.2. The van der Waals surface area contributed by atoms with Crippen LogP contribution in [0.4, 0.5) is 11.8 Å². The number of fused-ring (bicyclic) bond motifs is 1. The molecule has 0 fully saturated rings. The smallest absolute Gasteiger partial charge is 0.240 e. The molecular formula is C14H15N5OS. The molecule has 6 nitrogen and oxygen atoms in total. The summed E-state index contributed by atoms with van der Waals surface area (Å²) in [6, 6.07) is 11.4. The Balaban J connectivity index is 1.98. The van der Waals surface area contributed by atoms with Crippen LogP contribution in [0.2, 0.25) is 0 Å². The van der Waals surface area contributed by atoms with E-state index in [1.165, 1.54) is 11.3 Å². The van der Waals surface area contributed by atoms with Crippen LogP contribution in [0.15, 0.2) is 41.8 Å². The Hall–Kier alpha value is -2.22. The maximum absolute atomic E-state index is 9.65. The second kappa shape index (κ2) is 6.04. The van der Waals surface area contributed by atoms with E-state index >= 15 is 0 Å². The highest BCUT2D eigenvalue weighted by Gasteiger charge is 2.14. The first kappa shape index (κ1) is 13.7. The lowest BCUT2D eigenvalue weighted by molar-refractivity contribution is 0.276. The summed E-state index contributed by atoms with van der Waals surface area (Å²) < 4.78 is 0. The first-order chi connectivity index (χ1) is 10.3. The average Bonchev–Trinajstić information content (AvgIpc) is 3.01. The van der Waals surface area contributed by atoms with Crippen molar-refractivity contribution in [3.63, 3.8) is 0 Å². The Labute approximate surface area is 125 Å². The number of nitrogens with zero attached hydrogens (tertiary/aromatic N) is 2. The molecule has 2 heterocycles. The Bertz CT molecular complexity index is 731. The van der Waals surface area contributed by atoms with E-state index in [2.05, 4.69) is 20.7 Å². The van der Waals surface area contributed by atoms with Crippen molar-refractivity contribution in [1.29, 1.82) is 0 Å². The second-order valence-electron chi connectivity index (χ2n) is 4.47. The van der Waals surface area contributed by atoms with Gasteiger partial charge in [0.05, 0.1) is 18.0 Å². The number of aromatic nitrogens is 2. The van der Waals surface area contributed by atoms with E-state index in [1.54, 1.807) is 0 Å². The number of nitrogens with one attached hydrogen (secondary N) is 2. The molecule has 1 aromatic carbocycles. The lowest BCUT2D eigenvalue weighted by Crippen LogP contribution is -2.17. The number of benzene rings is 1. The molecule has 0 aliphatic rings. The van der Waals surface area contributed by atoms with E-state index in [1.807, 2.05) is 41.8 Å². The van der Waals surface area contributed by atoms with Gasteiger partial charge in [-0.25, -0.2) is 10.8 Å². The van der Waals surface area contributed by atoms with Gasteiger partial charge < -0.3 is 10.4 Å². The topological polar surface area (TPSA) is 96.1 Å². The molecule has 2 aromatic heterocycles. The van der Waals surface area contributed by atoms with Gasteiger partial charge in [-0.1, -0.05) is 30.3 Å². The highest BCUT2D eigenvalue weighted by atomic mass is 32.1. The number of aliphatic hydroxyl groups is 1. The summed E-state index contributed by atoms with van der Waals surface area (Å²) >= 11 is 1.51. The van der Waals surface area contributed by atoms with Gasteiger partial charge in [-0.05, 0) is 17.0 Å². The van der Waals surface area contributed by atoms with Crippen LogP contribution < -0.4 is 16.6 Å². The van der Waals surface area contributed by atoms with Gasteiger partial charge in [0.2, 0.25) is 5.95 Å². The van der Waals surface area contributed by atoms with Crippen LogP contribution in [0, 0.1) is 0 Å². The molecule has 0 amide bonds. The van der Waals surface area contributed by atoms with Gasteiger partial charge in [-0.3, -0.25) is 5.43 Å². The number of aliphatic hydroxyl groups excluding tert-OH is 1. The predicted molar refractivity (Wildman–Crippen MR) is 85.1 cm³/mol. The van der Waals surface area contributed by atoms with Crippen LogP contribution in [0.5, 0.6) is 0 Å². The van der Waals surface area contributed by atoms with Crippen LogP contribution in [0.25, 0.3) is 10.2 Å². The van der Waals surface area contributed by atoms with Gasteiger partial charge in [0.15, 0.2) is 0 Å². The molecule has 0 radical (unpaired) electrons. The van der Waals surface area contributed by atoms with E-state index in [0.29, 0.717) is 11.8 Å². The third-order valence-electron chi connectivity index (χ3n) is 3.15. The van der Waals surface area contributed by atoms with E-state index in [0.717, 1.165) is 15.8 Å². The standard InChI is InChI=1S/C14H15N5OS/c15-19-14-17-12(10-6-7-21-13(10)18-14)16-11(8-20)9-4-2-1-3-5-9/h1-7,11,20H,8,15H2,(H2,16,17,18,19). The van der Waals surface area contributed by atoms with Crippen molar-refractivity contribution in [1.82, 2.24) is 9.97 Å². The van der Waals surface area contributed by atoms with Crippen molar-refractivity contribution in [3.8, 4) is 0 Å². The third kappa shape index (κ3) is 2.80. The van der Waals surface area contributed by atoms with Crippen molar-refractivity contribution < 1.29 is 5.11 Å². The second-order valence-corrected chi connectivity index (χ2v) is 5.36. The summed E-state index contributed by atoms with van der Waals surface area (Å²) in [5.41, 5.74) is 3.45. The van der Waals surface area contributed by atoms with Gasteiger partial charge in [-0.15, -0.1) is 11.3 Å². The zero-order chi connectivity index (χ0) is 14.7. The minimum absolute atomic E-state index is 0.0367. The molecule has 108 valence electrons. The number of hydrazine groups is 1. The van der Waals surface area contributed by atoms with Crippen LogP contribution in [0.3, 0.4) is 0 Å². The maximum atomic E-state index is 9.65. The van der Waals surface area contributed by atoms with Crippen LogP contribution >= 0.6 is 11.3 Å². The Morgan fingerprint density at radius 1 is 1.19 bits per heavy atom. The highest BCUT2D eigenvalue weighted by Crippen LogP contribution is 2.28. The summed E-state index contributed by atoms with van der Waals surface area (Å²) in [6.07, 6.45) is 0. The van der Waals surface area contributed by atoms with Gasteiger partial charge in [0, 0.05) is 0 Å². The van der Waals surface area contributed by atoms with Gasteiger partial charge in [0.25, 0.3) is 0 Å². The summed E-state index contributed by atoms with van der Waals surface area (Å²) in [5, 5.41) is 15.8. The number of nitrogen functional groups attached to an aromatic ring is 1. The maximum Gasteiger partial charge on any atom is 0.240 e. The summed E-state index contributed by atoms with van der Waals surface area (Å²) in [6.45, 7) is -0.0367. The number of rotatable bonds is 5. The van der Waals surface area contributed by atoms with Gasteiger partial charge in [-0.2, -0.15) is 4.98 Å². The summed E-state index contributed by atoms with van der Waals surface area (Å²) in [7, 11) is 0. The summed E-state index contributed by atoms with van der Waals surface area (Å²) in [5.74, 6) is 6.40. The van der Waals surface area contributed by atoms with Crippen molar-refractivity contribution in [2.75, 3.05) is 17.3 Å². The molecule has 0 saturated heterocycles. The molecule has 0 spiro atoms. The lowest BCUT2D eigenvalue weighted by atomic mass is 10.1. The Morgan fingerprint density at radius 2 is 2.00 bits per heavy atom. The van der Waals surface area contributed by atoms with E-state index in [-0.39, 0.29) is 12.6 Å². The number of hydrogen-bond acceptors (Lipinski definition) is 7. The monoisotopic (exact) mass is 301 g/mol. The molecule has 1 atom stereocenters. The average molecular weight is 301 g/mol. The molecule has 0 aliphatic heterocycles. The molecule has 21 heavy (non-hydrogen) atoms. The quantitative estimate of drug-likeness (QED) is 0.426.